The van der Waals surface area contributed by atoms with Gasteiger partial charge in [-0.15, -0.1) is 22.9 Å². The maximum atomic E-state index is 5.74. The molecule has 0 spiro atoms. The van der Waals surface area contributed by atoms with Gasteiger partial charge in [0.15, 0.2) is 0 Å². The van der Waals surface area contributed by atoms with Gasteiger partial charge in [-0.3, -0.25) is 0 Å². The normalized spacial score (nSPS) is 12.9. The molecule has 86 valence electrons. The van der Waals surface area contributed by atoms with Crippen molar-refractivity contribution < 1.29 is 0 Å². The van der Waals surface area contributed by atoms with Crippen LogP contribution in [0.2, 0.25) is 0 Å². The van der Waals surface area contributed by atoms with E-state index < -0.39 is 0 Å². The van der Waals surface area contributed by atoms with E-state index in [2.05, 4.69) is 29.8 Å². The molecule has 15 heavy (non-hydrogen) atoms. The molecule has 1 rings (SSSR count). The molecule has 1 aromatic heterocycles. The van der Waals surface area contributed by atoms with Crippen LogP contribution in [0.15, 0.2) is 17.5 Å². The first-order valence-electron chi connectivity index (χ1n) is 5.65. The number of alkyl halides is 1. The van der Waals surface area contributed by atoms with Crippen LogP contribution in [-0.4, -0.2) is 19.0 Å². The van der Waals surface area contributed by atoms with E-state index >= 15 is 0 Å². The Morgan fingerprint density at radius 1 is 1.53 bits per heavy atom. The molecule has 3 heteroatoms. The van der Waals surface area contributed by atoms with E-state index in [4.69, 9.17) is 11.6 Å². The van der Waals surface area contributed by atoms with Crippen molar-refractivity contribution in [2.24, 2.45) is 5.92 Å². The fraction of sp³-hybridized carbons (Fsp3) is 0.667. The van der Waals surface area contributed by atoms with Crippen molar-refractivity contribution in [2.45, 2.75) is 26.2 Å². The standard InChI is InChI=1S/C12H20ClNS/c1-2-11(5-7-13)10-14-8-6-12-4-3-9-15-12/h3-4,9,11,14H,2,5-8,10H2,1H3. The van der Waals surface area contributed by atoms with Crippen molar-refractivity contribution in [2.75, 3.05) is 19.0 Å². The zero-order valence-corrected chi connectivity index (χ0v) is 10.9. The molecule has 0 aromatic carbocycles. The van der Waals surface area contributed by atoms with Gasteiger partial charge in [0.25, 0.3) is 0 Å². The molecule has 0 aliphatic heterocycles. The van der Waals surface area contributed by atoms with Crippen LogP contribution < -0.4 is 5.32 Å². The highest BCUT2D eigenvalue weighted by Crippen LogP contribution is 2.09. The van der Waals surface area contributed by atoms with Crippen molar-refractivity contribution in [1.29, 1.82) is 0 Å². The first kappa shape index (κ1) is 13.0. The van der Waals surface area contributed by atoms with Gasteiger partial charge in [0.2, 0.25) is 0 Å². The molecule has 0 saturated carbocycles. The Hall–Kier alpha value is -0.0500. The third-order valence-corrected chi connectivity index (χ3v) is 3.81. The summed E-state index contributed by atoms with van der Waals surface area (Å²) in [6.45, 7) is 4.42. The Kier molecular flexibility index (Phi) is 7.07. The molecule has 1 atom stereocenters. The fourth-order valence-electron chi connectivity index (χ4n) is 1.58. The smallest absolute Gasteiger partial charge is 0.0226 e. The van der Waals surface area contributed by atoms with Gasteiger partial charge in [-0.2, -0.15) is 0 Å². The first-order valence-corrected chi connectivity index (χ1v) is 7.07. The van der Waals surface area contributed by atoms with Crippen molar-refractivity contribution in [1.82, 2.24) is 5.32 Å². The quantitative estimate of drug-likeness (QED) is 0.546. The topological polar surface area (TPSA) is 12.0 Å². The maximum Gasteiger partial charge on any atom is 0.0226 e. The number of nitrogens with one attached hydrogen (secondary N) is 1. The maximum absolute atomic E-state index is 5.74. The Balaban J connectivity index is 2.05. The van der Waals surface area contributed by atoms with Crippen molar-refractivity contribution in [3.8, 4) is 0 Å². The van der Waals surface area contributed by atoms with E-state index in [0.29, 0.717) is 0 Å². The average Bonchev–Trinajstić information content (AvgIpc) is 2.75. The number of thiophene rings is 1. The minimum atomic E-state index is 0.742. The second kappa shape index (κ2) is 8.14. The minimum Gasteiger partial charge on any atom is -0.316 e. The van der Waals surface area contributed by atoms with E-state index in [1.165, 1.54) is 11.3 Å². The van der Waals surface area contributed by atoms with Gasteiger partial charge >= 0.3 is 0 Å². The third kappa shape index (κ3) is 5.55. The van der Waals surface area contributed by atoms with Crippen LogP contribution in [0.5, 0.6) is 0 Å². The van der Waals surface area contributed by atoms with E-state index in [0.717, 1.165) is 37.7 Å². The number of hydrogen-bond donors (Lipinski definition) is 1. The van der Waals surface area contributed by atoms with Crippen LogP contribution in [0, 0.1) is 5.92 Å². The SMILES string of the molecule is CCC(CCCl)CNCCc1cccs1. The molecule has 1 unspecified atom stereocenters. The predicted molar refractivity (Wildman–Crippen MR) is 70.0 cm³/mol. The summed E-state index contributed by atoms with van der Waals surface area (Å²) < 4.78 is 0. The first-order chi connectivity index (χ1) is 7.36. The van der Waals surface area contributed by atoms with Crippen LogP contribution in [0.4, 0.5) is 0 Å². The Bertz CT molecular complexity index is 236. The summed E-state index contributed by atoms with van der Waals surface area (Å²) in [7, 11) is 0. The van der Waals surface area contributed by atoms with Crippen molar-refractivity contribution >= 4 is 22.9 Å². The van der Waals surface area contributed by atoms with E-state index in [1.807, 2.05) is 11.3 Å². The summed E-state index contributed by atoms with van der Waals surface area (Å²) in [5.41, 5.74) is 0. The molecule has 1 heterocycles. The Morgan fingerprint density at radius 2 is 2.40 bits per heavy atom. The van der Waals surface area contributed by atoms with Gasteiger partial charge in [-0.05, 0) is 43.3 Å². The Labute approximate surface area is 102 Å². The Morgan fingerprint density at radius 3 is 3.00 bits per heavy atom. The van der Waals surface area contributed by atoms with E-state index in [-0.39, 0.29) is 0 Å². The second-order valence-electron chi connectivity index (χ2n) is 3.79. The summed E-state index contributed by atoms with van der Waals surface area (Å²) in [6.07, 6.45) is 3.50. The minimum absolute atomic E-state index is 0.742. The number of halogens is 1. The molecule has 1 N–H and O–H groups in total. The van der Waals surface area contributed by atoms with E-state index in [9.17, 15) is 0 Å². The average molecular weight is 246 g/mol. The molecule has 0 fully saturated rings. The third-order valence-electron chi connectivity index (χ3n) is 2.66. The molecule has 0 aliphatic rings. The highest BCUT2D eigenvalue weighted by atomic mass is 35.5. The number of hydrogen-bond acceptors (Lipinski definition) is 2. The van der Waals surface area contributed by atoms with Crippen LogP contribution in [0.25, 0.3) is 0 Å². The summed E-state index contributed by atoms with van der Waals surface area (Å²) in [5.74, 6) is 1.52. The lowest BCUT2D eigenvalue weighted by atomic mass is 10.0. The predicted octanol–water partition coefficient (Wildman–Crippen LogP) is 3.54. The lowest BCUT2D eigenvalue weighted by Crippen LogP contribution is -2.24. The molecule has 0 bridgehead atoms. The monoisotopic (exact) mass is 245 g/mol. The molecular weight excluding hydrogens is 226 g/mol. The molecule has 0 amide bonds. The fourth-order valence-corrected chi connectivity index (χ4v) is 2.60. The van der Waals surface area contributed by atoms with Crippen molar-refractivity contribution in [3.05, 3.63) is 22.4 Å². The van der Waals surface area contributed by atoms with Crippen LogP contribution in [0.3, 0.4) is 0 Å². The van der Waals surface area contributed by atoms with Gasteiger partial charge in [0.1, 0.15) is 0 Å². The molecule has 0 saturated heterocycles. The van der Waals surface area contributed by atoms with Gasteiger partial charge in [-0.1, -0.05) is 19.4 Å². The van der Waals surface area contributed by atoms with Crippen LogP contribution >= 0.6 is 22.9 Å². The van der Waals surface area contributed by atoms with Crippen LogP contribution in [0.1, 0.15) is 24.6 Å². The largest absolute Gasteiger partial charge is 0.316 e. The lowest BCUT2D eigenvalue weighted by Gasteiger charge is -2.13. The molecule has 1 nitrogen and oxygen atoms in total. The summed E-state index contributed by atoms with van der Waals surface area (Å²) >= 11 is 7.58. The molecule has 0 aliphatic carbocycles. The summed E-state index contributed by atoms with van der Waals surface area (Å²) in [4.78, 5) is 1.47. The van der Waals surface area contributed by atoms with Gasteiger partial charge in [0.05, 0.1) is 0 Å². The lowest BCUT2D eigenvalue weighted by molar-refractivity contribution is 0.454. The summed E-state index contributed by atoms with van der Waals surface area (Å²) in [5, 5.41) is 5.64. The highest BCUT2D eigenvalue weighted by molar-refractivity contribution is 7.09. The van der Waals surface area contributed by atoms with Crippen LogP contribution in [-0.2, 0) is 6.42 Å². The van der Waals surface area contributed by atoms with Gasteiger partial charge < -0.3 is 5.32 Å². The van der Waals surface area contributed by atoms with Gasteiger partial charge in [-0.25, -0.2) is 0 Å². The molecular formula is C12H20ClNS. The molecule has 0 radical (unpaired) electrons. The second-order valence-corrected chi connectivity index (χ2v) is 5.20. The van der Waals surface area contributed by atoms with Crippen molar-refractivity contribution in [3.63, 3.8) is 0 Å². The van der Waals surface area contributed by atoms with Gasteiger partial charge in [0, 0.05) is 10.8 Å². The van der Waals surface area contributed by atoms with E-state index in [1.54, 1.807) is 0 Å². The highest BCUT2D eigenvalue weighted by Gasteiger charge is 2.04. The zero-order chi connectivity index (χ0) is 10.9. The number of rotatable bonds is 8. The molecule has 1 aromatic rings. The summed E-state index contributed by atoms with van der Waals surface area (Å²) in [6, 6.07) is 4.31. The zero-order valence-electron chi connectivity index (χ0n) is 9.34.